The van der Waals surface area contributed by atoms with Crippen LogP contribution in [0.1, 0.15) is 16.9 Å². The highest BCUT2D eigenvalue weighted by molar-refractivity contribution is 8.00. The summed E-state index contributed by atoms with van der Waals surface area (Å²) in [7, 11) is 2.17. The van der Waals surface area contributed by atoms with Crippen molar-refractivity contribution in [3.8, 4) is 0 Å². The van der Waals surface area contributed by atoms with Crippen LogP contribution in [-0.2, 0) is 0 Å². The third kappa shape index (κ3) is 3.41. The molecule has 1 amide bonds. The summed E-state index contributed by atoms with van der Waals surface area (Å²) in [4.78, 5) is 23.8. The number of carbonyl (C=O) groups is 1. The molecular formula is C14H22N4OS2. The molecule has 3 rings (SSSR count). The van der Waals surface area contributed by atoms with Gasteiger partial charge in [0.15, 0.2) is 0 Å². The predicted molar refractivity (Wildman–Crippen MR) is 87.3 cm³/mol. The first-order chi connectivity index (χ1) is 10.2. The SMILES string of the molecule is CSc1nc(C(=O)N2CCC(N3CCN(C)CC3)C2)cs1. The van der Waals surface area contributed by atoms with E-state index in [-0.39, 0.29) is 5.91 Å². The Balaban J connectivity index is 1.57. The van der Waals surface area contributed by atoms with Crippen LogP contribution in [0.25, 0.3) is 0 Å². The number of nitrogens with zero attached hydrogens (tertiary/aromatic N) is 4. The van der Waals surface area contributed by atoms with Gasteiger partial charge in [-0.3, -0.25) is 9.69 Å². The average Bonchev–Trinajstić information content (AvgIpc) is 3.16. The first-order valence-corrected chi connectivity index (χ1v) is 9.49. The number of likely N-dealkylation sites (tertiary alicyclic amines) is 1. The van der Waals surface area contributed by atoms with Crippen LogP contribution in [0, 0.1) is 0 Å². The van der Waals surface area contributed by atoms with Crippen molar-refractivity contribution >= 4 is 29.0 Å². The van der Waals surface area contributed by atoms with Crippen LogP contribution in [-0.4, -0.2) is 84.2 Å². The Morgan fingerprint density at radius 2 is 2.10 bits per heavy atom. The van der Waals surface area contributed by atoms with Crippen LogP contribution < -0.4 is 0 Å². The van der Waals surface area contributed by atoms with Crippen molar-refractivity contribution in [3.63, 3.8) is 0 Å². The maximum Gasteiger partial charge on any atom is 0.273 e. The van der Waals surface area contributed by atoms with Crippen molar-refractivity contribution in [1.82, 2.24) is 19.7 Å². The van der Waals surface area contributed by atoms with Gasteiger partial charge < -0.3 is 9.80 Å². The van der Waals surface area contributed by atoms with Gasteiger partial charge in [-0.15, -0.1) is 11.3 Å². The molecule has 0 bridgehead atoms. The Morgan fingerprint density at radius 3 is 2.76 bits per heavy atom. The standard InChI is InChI=1S/C14H22N4OS2/c1-16-5-7-17(8-6-16)11-3-4-18(9-11)13(19)12-10-21-14(15-12)20-2/h10-11H,3-9H2,1-2H3. The molecule has 1 atom stereocenters. The number of aromatic nitrogens is 1. The van der Waals surface area contributed by atoms with Crippen molar-refractivity contribution in [2.45, 2.75) is 16.8 Å². The van der Waals surface area contributed by atoms with Crippen LogP contribution in [0.2, 0.25) is 0 Å². The fraction of sp³-hybridized carbons (Fsp3) is 0.714. The summed E-state index contributed by atoms with van der Waals surface area (Å²) in [5.74, 6) is 0.100. The van der Waals surface area contributed by atoms with Crippen molar-refractivity contribution < 1.29 is 4.79 Å². The number of carbonyl (C=O) groups excluding carboxylic acids is 1. The zero-order valence-corrected chi connectivity index (χ0v) is 14.3. The summed E-state index contributed by atoms with van der Waals surface area (Å²) < 4.78 is 0.966. The lowest BCUT2D eigenvalue weighted by atomic mass is 10.2. The maximum absolute atomic E-state index is 12.5. The molecule has 1 aromatic rings. The summed E-state index contributed by atoms with van der Waals surface area (Å²) in [5, 5.41) is 1.89. The van der Waals surface area contributed by atoms with Gasteiger partial charge in [-0.05, 0) is 19.7 Å². The molecule has 7 heteroatoms. The van der Waals surface area contributed by atoms with E-state index in [0.717, 1.165) is 50.0 Å². The second-order valence-electron chi connectivity index (χ2n) is 5.74. The molecule has 21 heavy (non-hydrogen) atoms. The van der Waals surface area contributed by atoms with E-state index in [0.29, 0.717) is 11.7 Å². The monoisotopic (exact) mass is 326 g/mol. The molecule has 2 saturated heterocycles. The van der Waals surface area contributed by atoms with Crippen molar-refractivity contribution in [2.24, 2.45) is 0 Å². The summed E-state index contributed by atoms with van der Waals surface area (Å²) in [6.45, 7) is 6.23. The van der Waals surface area contributed by atoms with E-state index in [4.69, 9.17) is 0 Å². The molecule has 1 unspecified atom stereocenters. The molecule has 0 radical (unpaired) electrons. The highest BCUT2D eigenvalue weighted by Gasteiger charge is 2.32. The van der Waals surface area contributed by atoms with Crippen molar-refractivity contribution in [2.75, 3.05) is 52.6 Å². The smallest absolute Gasteiger partial charge is 0.273 e. The number of hydrogen-bond acceptors (Lipinski definition) is 6. The number of thiazole rings is 1. The molecule has 2 aliphatic rings. The Bertz CT molecular complexity index is 499. The average molecular weight is 326 g/mol. The number of amides is 1. The zero-order valence-electron chi connectivity index (χ0n) is 12.6. The van der Waals surface area contributed by atoms with Crippen molar-refractivity contribution in [1.29, 1.82) is 0 Å². The van der Waals surface area contributed by atoms with Gasteiger partial charge in [-0.25, -0.2) is 4.98 Å². The van der Waals surface area contributed by atoms with Gasteiger partial charge in [0.1, 0.15) is 10.0 Å². The number of thioether (sulfide) groups is 1. The second kappa shape index (κ2) is 6.64. The van der Waals surface area contributed by atoms with Gasteiger partial charge in [0.25, 0.3) is 5.91 Å². The lowest BCUT2D eigenvalue weighted by molar-refractivity contribution is 0.0750. The summed E-state index contributed by atoms with van der Waals surface area (Å²) in [5.41, 5.74) is 0.614. The molecule has 0 N–H and O–H groups in total. The Labute approximate surface area is 134 Å². The molecule has 116 valence electrons. The maximum atomic E-state index is 12.5. The third-order valence-corrected chi connectivity index (χ3v) is 6.24. The Morgan fingerprint density at radius 1 is 1.33 bits per heavy atom. The number of piperazine rings is 1. The predicted octanol–water partition coefficient (Wildman–Crippen LogP) is 1.33. The molecule has 1 aromatic heterocycles. The quantitative estimate of drug-likeness (QED) is 0.784. The molecule has 0 aromatic carbocycles. The minimum Gasteiger partial charge on any atom is -0.336 e. The molecule has 2 aliphatic heterocycles. The van der Waals surface area contributed by atoms with Crippen LogP contribution in [0.3, 0.4) is 0 Å². The van der Waals surface area contributed by atoms with Crippen LogP contribution >= 0.6 is 23.1 Å². The first-order valence-electron chi connectivity index (χ1n) is 7.39. The van der Waals surface area contributed by atoms with Crippen LogP contribution in [0.15, 0.2) is 9.72 Å². The van der Waals surface area contributed by atoms with E-state index in [1.165, 1.54) is 0 Å². The largest absolute Gasteiger partial charge is 0.336 e. The second-order valence-corrected chi connectivity index (χ2v) is 7.65. The third-order valence-electron chi connectivity index (χ3n) is 4.38. The fourth-order valence-electron chi connectivity index (χ4n) is 3.02. The van der Waals surface area contributed by atoms with Gasteiger partial charge >= 0.3 is 0 Å². The Hall–Kier alpha value is -0.630. The first kappa shape index (κ1) is 15.3. The molecule has 2 fully saturated rings. The van der Waals surface area contributed by atoms with E-state index in [2.05, 4.69) is 21.8 Å². The van der Waals surface area contributed by atoms with Gasteiger partial charge in [0.2, 0.25) is 0 Å². The molecule has 0 aliphatic carbocycles. The van der Waals surface area contributed by atoms with E-state index < -0.39 is 0 Å². The summed E-state index contributed by atoms with van der Waals surface area (Å²) in [6.07, 6.45) is 3.08. The van der Waals surface area contributed by atoms with Gasteiger partial charge in [0.05, 0.1) is 0 Å². The van der Waals surface area contributed by atoms with E-state index in [1.807, 2.05) is 16.5 Å². The molecule has 3 heterocycles. The fourth-order valence-corrected chi connectivity index (χ4v) is 4.26. The lowest BCUT2D eigenvalue weighted by Gasteiger charge is -2.36. The number of rotatable bonds is 3. The number of hydrogen-bond donors (Lipinski definition) is 0. The van der Waals surface area contributed by atoms with Crippen LogP contribution in [0.4, 0.5) is 0 Å². The number of likely N-dealkylation sites (N-methyl/N-ethyl adjacent to an activating group) is 1. The van der Waals surface area contributed by atoms with Crippen LogP contribution in [0.5, 0.6) is 0 Å². The minimum atomic E-state index is 0.100. The highest BCUT2D eigenvalue weighted by atomic mass is 32.2. The van der Waals surface area contributed by atoms with Gasteiger partial charge in [0, 0.05) is 50.7 Å². The normalized spacial score (nSPS) is 24.7. The van der Waals surface area contributed by atoms with Gasteiger partial charge in [-0.1, -0.05) is 11.8 Å². The lowest BCUT2D eigenvalue weighted by Crippen LogP contribution is -2.50. The zero-order chi connectivity index (χ0) is 14.8. The van der Waals surface area contributed by atoms with E-state index in [9.17, 15) is 4.79 Å². The highest BCUT2D eigenvalue weighted by Crippen LogP contribution is 2.23. The van der Waals surface area contributed by atoms with E-state index in [1.54, 1.807) is 23.1 Å². The molecule has 0 spiro atoms. The molecule has 0 saturated carbocycles. The summed E-state index contributed by atoms with van der Waals surface area (Å²) in [6, 6.07) is 0.529. The Kier molecular flexibility index (Phi) is 4.83. The molecule has 5 nitrogen and oxygen atoms in total. The molecular weight excluding hydrogens is 304 g/mol. The van der Waals surface area contributed by atoms with E-state index >= 15 is 0 Å². The van der Waals surface area contributed by atoms with Crippen molar-refractivity contribution in [3.05, 3.63) is 11.1 Å². The summed E-state index contributed by atoms with van der Waals surface area (Å²) >= 11 is 3.15. The minimum absolute atomic E-state index is 0.100. The topological polar surface area (TPSA) is 39.7 Å². The van der Waals surface area contributed by atoms with Gasteiger partial charge in [-0.2, -0.15) is 0 Å².